The molecular formula is C12H15BrN6O. The summed E-state index contributed by atoms with van der Waals surface area (Å²) in [6, 6.07) is 1.54. The third-order valence-electron chi connectivity index (χ3n) is 2.64. The lowest BCUT2D eigenvalue weighted by atomic mass is 10.3. The lowest BCUT2D eigenvalue weighted by Crippen LogP contribution is -2.29. The fourth-order valence-electron chi connectivity index (χ4n) is 1.58. The van der Waals surface area contributed by atoms with Crippen LogP contribution in [0.2, 0.25) is 0 Å². The number of halogens is 1. The second-order valence-corrected chi connectivity index (χ2v) is 4.95. The molecule has 8 heteroatoms. The van der Waals surface area contributed by atoms with E-state index in [9.17, 15) is 4.79 Å². The Kier molecular flexibility index (Phi) is 4.67. The second kappa shape index (κ2) is 6.47. The van der Waals surface area contributed by atoms with Crippen molar-refractivity contribution in [3.8, 4) is 0 Å². The molecule has 2 amide bonds. The highest BCUT2D eigenvalue weighted by atomic mass is 79.9. The van der Waals surface area contributed by atoms with Crippen molar-refractivity contribution in [1.82, 2.24) is 25.1 Å². The molecular weight excluding hydrogens is 324 g/mol. The Hall–Kier alpha value is -1.96. The molecule has 0 radical (unpaired) electrons. The van der Waals surface area contributed by atoms with Crippen LogP contribution in [0.4, 0.5) is 10.6 Å². The van der Waals surface area contributed by atoms with E-state index in [-0.39, 0.29) is 6.03 Å². The maximum Gasteiger partial charge on any atom is 0.320 e. The first-order valence-electron chi connectivity index (χ1n) is 6.12. The topological polar surface area (TPSA) is 84.7 Å². The number of rotatable bonds is 4. The molecule has 2 aromatic rings. The first kappa shape index (κ1) is 14.4. The number of carbonyl (C=O) groups excluding carboxylic acids is 1. The Morgan fingerprint density at radius 2 is 2.15 bits per heavy atom. The van der Waals surface area contributed by atoms with E-state index in [1.807, 2.05) is 13.0 Å². The number of aromatic nitrogens is 4. The van der Waals surface area contributed by atoms with Gasteiger partial charge in [0.1, 0.15) is 10.4 Å². The maximum atomic E-state index is 11.8. The van der Waals surface area contributed by atoms with Crippen molar-refractivity contribution in [2.45, 2.75) is 19.9 Å². The minimum Gasteiger partial charge on any atom is -0.332 e. The second-order valence-electron chi connectivity index (χ2n) is 4.14. The third kappa shape index (κ3) is 3.77. The van der Waals surface area contributed by atoms with Gasteiger partial charge in [-0.15, -0.1) is 0 Å². The lowest BCUT2D eigenvalue weighted by molar-refractivity contribution is 0.251. The predicted octanol–water partition coefficient (Wildman–Crippen LogP) is 1.86. The fourth-order valence-corrected chi connectivity index (χ4v) is 1.78. The molecule has 0 spiro atoms. The van der Waals surface area contributed by atoms with Crippen LogP contribution in [-0.4, -0.2) is 25.8 Å². The number of nitrogens with zero attached hydrogens (tertiary/aromatic N) is 4. The molecule has 106 valence electrons. The van der Waals surface area contributed by atoms with Crippen molar-refractivity contribution in [3.63, 3.8) is 0 Å². The molecule has 0 unspecified atom stereocenters. The van der Waals surface area contributed by atoms with Crippen molar-refractivity contribution in [2.24, 2.45) is 7.05 Å². The molecule has 20 heavy (non-hydrogen) atoms. The van der Waals surface area contributed by atoms with Gasteiger partial charge in [-0.1, -0.05) is 6.92 Å². The van der Waals surface area contributed by atoms with Crippen molar-refractivity contribution >= 4 is 27.8 Å². The molecule has 2 rings (SSSR count). The molecule has 0 aliphatic rings. The van der Waals surface area contributed by atoms with Crippen molar-refractivity contribution in [3.05, 3.63) is 34.5 Å². The van der Waals surface area contributed by atoms with Gasteiger partial charge in [-0.2, -0.15) is 5.10 Å². The Labute approximate surface area is 124 Å². The van der Waals surface area contributed by atoms with Crippen molar-refractivity contribution in [1.29, 1.82) is 0 Å². The van der Waals surface area contributed by atoms with E-state index in [0.717, 1.165) is 12.1 Å². The van der Waals surface area contributed by atoms with E-state index in [1.54, 1.807) is 24.1 Å². The fraction of sp³-hybridized carbons (Fsp3) is 0.333. The van der Waals surface area contributed by atoms with E-state index in [4.69, 9.17) is 0 Å². The van der Waals surface area contributed by atoms with E-state index >= 15 is 0 Å². The summed E-state index contributed by atoms with van der Waals surface area (Å²) in [6.45, 7) is 2.32. The third-order valence-corrected chi connectivity index (χ3v) is 3.05. The monoisotopic (exact) mass is 338 g/mol. The summed E-state index contributed by atoms with van der Waals surface area (Å²) >= 11 is 3.20. The Morgan fingerprint density at radius 3 is 2.75 bits per heavy atom. The van der Waals surface area contributed by atoms with Gasteiger partial charge in [0.15, 0.2) is 0 Å². The summed E-state index contributed by atoms with van der Waals surface area (Å²) in [5, 5.41) is 9.71. The van der Waals surface area contributed by atoms with Crippen molar-refractivity contribution in [2.75, 3.05) is 5.32 Å². The average Bonchev–Trinajstić information content (AvgIpc) is 2.79. The predicted molar refractivity (Wildman–Crippen MR) is 78.2 cm³/mol. The number of carbonyl (C=O) groups is 1. The van der Waals surface area contributed by atoms with Gasteiger partial charge >= 0.3 is 6.03 Å². The van der Waals surface area contributed by atoms with Crippen LogP contribution in [0.5, 0.6) is 0 Å². The highest BCUT2D eigenvalue weighted by Gasteiger charge is 2.07. The number of aryl methyl sites for hydroxylation is 2. The SMILES string of the molecule is CCc1cc(NC(=O)NCc2cnc(Br)cn2)n(C)n1. The molecule has 0 aromatic carbocycles. The minimum atomic E-state index is -0.305. The van der Waals surface area contributed by atoms with Gasteiger partial charge in [0.2, 0.25) is 0 Å². The number of amides is 2. The molecule has 0 aliphatic carbocycles. The van der Waals surface area contributed by atoms with Gasteiger partial charge in [0.05, 0.1) is 30.3 Å². The van der Waals surface area contributed by atoms with E-state index < -0.39 is 0 Å². The number of hydrogen-bond donors (Lipinski definition) is 2. The summed E-state index contributed by atoms with van der Waals surface area (Å²) in [7, 11) is 1.79. The highest BCUT2D eigenvalue weighted by Crippen LogP contribution is 2.09. The quantitative estimate of drug-likeness (QED) is 0.890. The van der Waals surface area contributed by atoms with Crippen LogP contribution in [0.1, 0.15) is 18.3 Å². The molecule has 0 fully saturated rings. The summed E-state index contributed by atoms with van der Waals surface area (Å²) in [5.74, 6) is 0.654. The zero-order valence-corrected chi connectivity index (χ0v) is 12.8. The Bertz CT molecular complexity index is 594. The van der Waals surface area contributed by atoms with Gasteiger partial charge in [-0.05, 0) is 22.4 Å². The van der Waals surface area contributed by atoms with Crippen LogP contribution in [0.3, 0.4) is 0 Å². The van der Waals surface area contributed by atoms with Gasteiger partial charge in [-0.3, -0.25) is 15.0 Å². The van der Waals surface area contributed by atoms with Crippen LogP contribution in [0.15, 0.2) is 23.1 Å². The molecule has 0 saturated heterocycles. The zero-order valence-electron chi connectivity index (χ0n) is 11.2. The number of urea groups is 1. The smallest absolute Gasteiger partial charge is 0.320 e. The first-order valence-corrected chi connectivity index (χ1v) is 6.92. The molecule has 7 nitrogen and oxygen atoms in total. The minimum absolute atomic E-state index is 0.305. The summed E-state index contributed by atoms with van der Waals surface area (Å²) in [6.07, 6.45) is 4.01. The van der Waals surface area contributed by atoms with Crippen LogP contribution in [0.25, 0.3) is 0 Å². The van der Waals surface area contributed by atoms with Crippen LogP contribution in [0, 0.1) is 0 Å². The van der Waals surface area contributed by atoms with Crippen LogP contribution >= 0.6 is 15.9 Å². The van der Waals surface area contributed by atoms with Gasteiger partial charge < -0.3 is 5.32 Å². The average molecular weight is 339 g/mol. The van der Waals surface area contributed by atoms with Crippen LogP contribution in [-0.2, 0) is 20.0 Å². The molecule has 2 heterocycles. The maximum absolute atomic E-state index is 11.8. The molecule has 0 atom stereocenters. The summed E-state index contributed by atoms with van der Waals surface area (Å²) in [4.78, 5) is 19.9. The summed E-state index contributed by atoms with van der Waals surface area (Å²) in [5.41, 5.74) is 1.61. The van der Waals surface area contributed by atoms with Crippen molar-refractivity contribution < 1.29 is 4.79 Å². The lowest BCUT2D eigenvalue weighted by Gasteiger charge is -2.06. The Balaban J connectivity index is 1.89. The highest BCUT2D eigenvalue weighted by molar-refractivity contribution is 9.10. The zero-order chi connectivity index (χ0) is 14.5. The first-order chi connectivity index (χ1) is 9.58. The number of hydrogen-bond acceptors (Lipinski definition) is 4. The normalized spacial score (nSPS) is 10.3. The van der Waals surface area contributed by atoms with E-state index in [2.05, 4.69) is 41.6 Å². The Morgan fingerprint density at radius 1 is 1.35 bits per heavy atom. The molecule has 2 N–H and O–H groups in total. The van der Waals surface area contributed by atoms with Gasteiger partial charge in [0.25, 0.3) is 0 Å². The van der Waals surface area contributed by atoms with Crippen LogP contribution < -0.4 is 10.6 Å². The molecule has 0 saturated carbocycles. The molecule has 0 aliphatic heterocycles. The summed E-state index contributed by atoms with van der Waals surface area (Å²) < 4.78 is 2.30. The number of nitrogens with one attached hydrogen (secondary N) is 2. The molecule has 0 bridgehead atoms. The van der Waals surface area contributed by atoms with Gasteiger partial charge in [-0.25, -0.2) is 9.78 Å². The van der Waals surface area contributed by atoms with E-state index in [1.165, 1.54) is 0 Å². The van der Waals surface area contributed by atoms with Gasteiger partial charge in [0, 0.05) is 13.1 Å². The number of anilines is 1. The molecule has 2 aromatic heterocycles. The largest absolute Gasteiger partial charge is 0.332 e. The van der Waals surface area contributed by atoms with E-state index in [0.29, 0.717) is 22.7 Å². The standard InChI is InChI=1S/C12H15BrN6O/c1-3-8-4-11(19(2)18-8)17-12(20)16-6-9-5-15-10(13)7-14-9/h4-5,7H,3,6H2,1-2H3,(H2,16,17,20).